The number of carbonyl (C=O) groups is 2. The third-order valence-corrected chi connectivity index (χ3v) is 5.13. The molecule has 0 aliphatic carbocycles. The van der Waals surface area contributed by atoms with Gasteiger partial charge in [0.25, 0.3) is 0 Å². The molecule has 0 spiro atoms. The van der Waals surface area contributed by atoms with Gasteiger partial charge in [-0.1, -0.05) is 19.6 Å². The van der Waals surface area contributed by atoms with Crippen molar-refractivity contribution in [3.8, 4) is 0 Å². The summed E-state index contributed by atoms with van der Waals surface area (Å²) in [6, 6.07) is -0.0465. The summed E-state index contributed by atoms with van der Waals surface area (Å²) in [4.78, 5) is 33.8. The summed E-state index contributed by atoms with van der Waals surface area (Å²) in [7, 11) is -1.29. The third-order valence-electron chi connectivity index (χ3n) is 2.65. The number of nitroso groups, excluding NO2 is 1. The minimum Gasteiger partial charge on any atom is -0.464 e. The molecule has 0 unspecified atom stereocenters. The number of nitrogens with one attached hydrogen (secondary N) is 1. The van der Waals surface area contributed by atoms with E-state index in [-0.39, 0.29) is 5.91 Å². The van der Waals surface area contributed by atoms with Crippen molar-refractivity contribution in [1.29, 1.82) is 0 Å². The Balaban J connectivity index is 4.73. The van der Waals surface area contributed by atoms with E-state index in [0.29, 0.717) is 18.6 Å². The van der Waals surface area contributed by atoms with Gasteiger partial charge in [-0.25, -0.2) is 4.79 Å². The van der Waals surface area contributed by atoms with Crippen molar-refractivity contribution in [3.05, 3.63) is 4.91 Å². The van der Waals surface area contributed by atoms with Crippen LogP contribution >= 0.6 is 11.9 Å². The molecule has 116 valence electrons. The number of nitrogens with zero attached hydrogens (tertiary/aromatic N) is 1. The highest BCUT2D eigenvalue weighted by molar-refractivity contribution is 7.99. The molecule has 0 fully saturated rings. The molecule has 0 aromatic carbocycles. The van der Waals surface area contributed by atoms with Crippen molar-refractivity contribution in [2.24, 2.45) is 4.58 Å². The van der Waals surface area contributed by atoms with E-state index in [1.807, 2.05) is 0 Å². The van der Waals surface area contributed by atoms with E-state index in [9.17, 15) is 14.5 Å². The van der Waals surface area contributed by atoms with E-state index >= 15 is 0 Å². The van der Waals surface area contributed by atoms with E-state index in [1.54, 1.807) is 13.8 Å². The number of amides is 1. The van der Waals surface area contributed by atoms with Crippen molar-refractivity contribution in [3.63, 3.8) is 0 Å². The zero-order valence-corrected chi connectivity index (χ0v) is 14.8. The molecule has 0 heterocycles. The molecule has 0 aliphatic heterocycles. The summed E-state index contributed by atoms with van der Waals surface area (Å²) in [5.74, 6) is -0.878. The molecule has 0 radical (unpaired) electrons. The Morgan fingerprint density at radius 3 is 2.30 bits per heavy atom. The lowest BCUT2D eigenvalue weighted by molar-refractivity contribution is -0.148. The first-order valence-electron chi connectivity index (χ1n) is 6.44. The Hall–Kier alpha value is -0.893. The Labute approximate surface area is 125 Å². The van der Waals surface area contributed by atoms with Gasteiger partial charge in [0.2, 0.25) is 5.91 Å². The number of hydrogen-bond donors (Lipinski definition) is 1. The topological polar surface area (TPSA) is 84.8 Å². The normalized spacial score (nSPS) is 13.5. The Morgan fingerprint density at radius 1 is 1.35 bits per heavy atom. The summed E-state index contributed by atoms with van der Waals surface area (Å²) in [6.45, 7) is 11.5. The second-order valence-corrected chi connectivity index (χ2v) is 13.4. The average molecular weight is 320 g/mol. The van der Waals surface area contributed by atoms with Crippen LogP contribution in [0, 0.1) is 4.91 Å². The molecule has 1 N–H and O–H groups in total. The van der Waals surface area contributed by atoms with Crippen molar-refractivity contribution < 1.29 is 14.3 Å². The van der Waals surface area contributed by atoms with Crippen LogP contribution in [-0.2, 0) is 14.3 Å². The molecular formula is C12H24N2O4SSi. The Morgan fingerprint density at radius 2 is 1.90 bits per heavy atom. The summed E-state index contributed by atoms with van der Waals surface area (Å²) in [5, 5.41) is 2.53. The predicted molar refractivity (Wildman–Crippen MR) is 84.2 cm³/mol. The lowest BCUT2D eigenvalue weighted by Gasteiger charge is -2.29. The number of hydrogen-bond acceptors (Lipinski definition) is 6. The van der Waals surface area contributed by atoms with E-state index in [4.69, 9.17) is 4.74 Å². The monoisotopic (exact) mass is 320 g/mol. The van der Waals surface area contributed by atoms with Crippen molar-refractivity contribution in [1.82, 2.24) is 5.32 Å². The smallest absolute Gasteiger partial charge is 0.330 e. The van der Waals surface area contributed by atoms with Gasteiger partial charge >= 0.3 is 5.97 Å². The highest BCUT2D eigenvalue weighted by Gasteiger charge is 2.39. The number of rotatable bonds is 8. The van der Waals surface area contributed by atoms with Gasteiger partial charge in [0, 0.05) is 31.5 Å². The third kappa shape index (κ3) is 7.64. The first kappa shape index (κ1) is 19.1. The maximum Gasteiger partial charge on any atom is 0.330 e. The first-order valence-corrected chi connectivity index (χ1v) is 10.9. The average Bonchev–Trinajstić information content (AvgIpc) is 2.23. The SMILES string of the molecule is CC(=O)N[C@@H](C(=O)OCC[Si](C)(C)C)C(C)(C)SN=O. The number of ether oxygens (including phenoxy) is 1. The number of esters is 1. The van der Waals surface area contributed by atoms with Crippen LogP contribution in [0.25, 0.3) is 0 Å². The van der Waals surface area contributed by atoms with Gasteiger partial charge in [0.15, 0.2) is 0 Å². The molecular weight excluding hydrogens is 296 g/mol. The lowest BCUT2D eigenvalue weighted by Crippen LogP contribution is -2.52. The molecule has 0 rings (SSSR count). The van der Waals surface area contributed by atoms with Crippen LogP contribution in [0.15, 0.2) is 4.58 Å². The van der Waals surface area contributed by atoms with E-state index in [1.165, 1.54) is 6.92 Å². The molecule has 0 saturated heterocycles. The molecule has 0 aromatic rings. The molecule has 0 saturated carbocycles. The highest BCUT2D eigenvalue weighted by Crippen LogP contribution is 2.29. The van der Waals surface area contributed by atoms with Gasteiger partial charge in [0.05, 0.1) is 11.4 Å². The fourth-order valence-electron chi connectivity index (χ4n) is 1.41. The van der Waals surface area contributed by atoms with Gasteiger partial charge in [-0.05, 0) is 19.9 Å². The van der Waals surface area contributed by atoms with E-state index in [0.717, 1.165) is 6.04 Å². The standard InChI is InChI=1S/C12H24N2O4SSi/c1-9(15)13-10(12(2,3)19-14-17)11(16)18-7-8-20(4,5)6/h10H,7-8H2,1-6H3,(H,13,15)/t10-/m0/s1. The molecule has 0 aliphatic rings. The van der Waals surface area contributed by atoms with Crippen molar-refractivity contribution in [2.45, 2.75) is 57.2 Å². The van der Waals surface area contributed by atoms with Crippen LogP contribution < -0.4 is 5.32 Å². The Kier molecular flexibility index (Phi) is 7.43. The summed E-state index contributed by atoms with van der Waals surface area (Å²) < 4.78 is 7.13. The van der Waals surface area contributed by atoms with Gasteiger partial charge in [0.1, 0.15) is 6.04 Å². The fourth-order valence-corrected chi connectivity index (χ4v) is 2.58. The maximum absolute atomic E-state index is 12.1. The molecule has 6 nitrogen and oxygen atoms in total. The molecule has 8 heteroatoms. The largest absolute Gasteiger partial charge is 0.464 e. The van der Waals surface area contributed by atoms with Gasteiger partial charge in [-0.2, -0.15) is 0 Å². The van der Waals surface area contributed by atoms with Crippen molar-refractivity contribution >= 4 is 31.9 Å². The minimum absolute atomic E-state index is 0.333. The molecule has 0 aromatic heterocycles. The summed E-state index contributed by atoms with van der Waals surface area (Å²) >= 11 is 0.714. The van der Waals surface area contributed by atoms with Crippen molar-refractivity contribution in [2.75, 3.05) is 6.61 Å². The molecule has 20 heavy (non-hydrogen) atoms. The number of carbonyl (C=O) groups excluding carboxylic acids is 2. The zero-order valence-electron chi connectivity index (χ0n) is 13.0. The second-order valence-electron chi connectivity index (χ2n) is 6.38. The second kappa shape index (κ2) is 7.77. The lowest BCUT2D eigenvalue weighted by atomic mass is 10.0. The van der Waals surface area contributed by atoms with Crippen LogP contribution in [0.3, 0.4) is 0 Å². The van der Waals surface area contributed by atoms with Crippen LogP contribution in [0.2, 0.25) is 25.7 Å². The van der Waals surface area contributed by atoms with Crippen LogP contribution in [0.5, 0.6) is 0 Å². The molecule has 1 atom stereocenters. The van der Waals surface area contributed by atoms with Gasteiger partial charge in [-0.3, -0.25) is 4.79 Å². The van der Waals surface area contributed by atoms with Crippen LogP contribution in [-0.4, -0.2) is 37.3 Å². The van der Waals surface area contributed by atoms with E-state index in [2.05, 4.69) is 29.5 Å². The molecule has 0 bridgehead atoms. The quantitative estimate of drug-likeness (QED) is 0.321. The Bertz CT molecular complexity index is 369. The summed E-state index contributed by atoms with van der Waals surface area (Å²) in [6.07, 6.45) is 0. The molecule has 1 amide bonds. The zero-order chi connectivity index (χ0) is 16.0. The van der Waals surface area contributed by atoms with E-state index < -0.39 is 24.8 Å². The minimum atomic E-state index is -1.29. The van der Waals surface area contributed by atoms with Gasteiger partial charge in [-0.15, -0.1) is 4.91 Å². The van der Waals surface area contributed by atoms with Gasteiger partial charge < -0.3 is 10.1 Å². The predicted octanol–water partition coefficient (Wildman–Crippen LogP) is 2.57. The first-order chi connectivity index (χ1) is 8.99. The maximum atomic E-state index is 12.1. The fraction of sp³-hybridized carbons (Fsp3) is 0.833. The summed E-state index contributed by atoms with van der Waals surface area (Å²) in [5.41, 5.74) is 0. The van der Waals surface area contributed by atoms with Crippen LogP contribution in [0.1, 0.15) is 20.8 Å². The highest BCUT2D eigenvalue weighted by atomic mass is 32.2. The van der Waals surface area contributed by atoms with Crippen LogP contribution in [0.4, 0.5) is 0 Å².